The molecule has 3 aliphatic heterocycles. The standard InChI is InChI=1S/C25H31N3O4/c1-30-22-7-3-2-5-21(22)26-11-13-27(14-12-26)25(29)18-28-10-4-6-20(28)19-8-9-23-24(17-19)32-16-15-31-23/h2-3,5,7-9,17,20H,4,6,10-16,18H2,1H3/t20-/m0/s1. The SMILES string of the molecule is COc1ccccc1N1CCN(C(=O)CN2CCC[C@H]2c2ccc3c(c2)OCCO3)CC1. The Labute approximate surface area is 189 Å². The lowest BCUT2D eigenvalue weighted by atomic mass is 10.0. The van der Waals surface area contributed by atoms with Gasteiger partial charge in [0.1, 0.15) is 19.0 Å². The number of amides is 1. The topological polar surface area (TPSA) is 54.5 Å². The summed E-state index contributed by atoms with van der Waals surface area (Å²) in [5.41, 5.74) is 2.31. The van der Waals surface area contributed by atoms with E-state index in [0.29, 0.717) is 19.8 Å². The van der Waals surface area contributed by atoms with Crippen LogP contribution in [0.25, 0.3) is 0 Å². The van der Waals surface area contributed by atoms with Crippen molar-refractivity contribution in [1.29, 1.82) is 0 Å². The highest BCUT2D eigenvalue weighted by molar-refractivity contribution is 5.79. The third-order valence-corrected chi connectivity index (χ3v) is 6.71. The molecule has 7 nitrogen and oxygen atoms in total. The van der Waals surface area contributed by atoms with Gasteiger partial charge in [0.2, 0.25) is 5.91 Å². The molecule has 32 heavy (non-hydrogen) atoms. The fourth-order valence-corrected chi connectivity index (χ4v) is 5.02. The number of anilines is 1. The van der Waals surface area contributed by atoms with E-state index < -0.39 is 0 Å². The van der Waals surface area contributed by atoms with Crippen LogP contribution >= 0.6 is 0 Å². The Balaban J connectivity index is 1.20. The maximum atomic E-state index is 13.1. The van der Waals surface area contributed by atoms with Gasteiger partial charge < -0.3 is 24.0 Å². The minimum absolute atomic E-state index is 0.217. The molecule has 0 aromatic heterocycles. The molecule has 1 amide bonds. The summed E-state index contributed by atoms with van der Waals surface area (Å²) in [5.74, 6) is 2.73. The van der Waals surface area contributed by atoms with Crippen LogP contribution in [0.2, 0.25) is 0 Å². The molecule has 2 aromatic carbocycles. The summed E-state index contributed by atoms with van der Waals surface area (Å²) in [6, 6.07) is 14.5. The smallest absolute Gasteiger partial charge is 0.236 e. The second kappa shape index (κ2) is 9.28. The number of nitrogens with zero attached hydrogens (tertiary/aromatic N) is 3. The van der Waals surface area contributed by atoms with Gasteiger partial charge in [-0.1, -0.05) is 18.2 Å². The molecule has 0 radical (unpaired) electrons. The Morgan fingerprint density at radius 2 is 1.78 bits per heavy atom. The number of piperazine rings is 1. The number of carbonyl (C=O) groups excluding carboxylic acids is 1. The van der Waals surface area contributed by atoms with Crippen LogP contribution in [0.3, 0.4) is 0 Å². The van der Waals surface area contributed by atoms with Crippen molar-refractivity contribution in [3.05, 3.63) is 48.0 Å². The molecule has 3 aliphatic rings. The number of likely N-dealkylation sites (tertiary alicyclic amines) is 1. The van der Waals surface area contributed by atoms with Crippen molar-refractivity contribution in [3.8, 4) is 17.2 Å². The number of carbonyl (C=O) groups is 1. The quantitative estimate of drug-likeness (QED) is 0.717. The first-order valence-corrected chi connectivity index (χ1v) is 11.5. The molecule has 2 aromatic rings. The van der Waals surface area contributed by atoms with Gasteiger partial charge in [0.25, 0.3) is 0 Å². The van der Waals surface area contributed by atoms with Gasteiger partial charge in [0.05, 0.1) is 19.3 Å². The highest BCUT2D eigenvalue weighted by atomic mass is 16.6. The monoisotopic (exact) mass is 437 g/mol. The van der Waals surface area contributed by atoms with E-state index in [0.717, 1.165) is 68.5 Å². The zero-order chi connectivity index (χ0) is 21.9. The first-order chi connectivity index (χ1) is 15.7. The molecule has 0 bridgehead atoms. The first kappa shape index (κ1) is 20.9. The third-order valence-electron chi connectivity index (χ3n) is 6.71. The van der Waals surface area contributed by atoms with Crippen molar-refractivity contribution in [3.63, 3.8) is 0 Å². The van der Waals surface area contributed by atoms with Crippen molar-refractivity contribution >= 4 is 11.6 Å². The lowest BCUT2D eigenvalue weighted by molar-refractivity contribution is -0.133. The number of hydrogen-bond acceptors (Lipinski definition) is 6. The Morgan fingerprint density at radius 1 is 1.00 bits per heavy atom. The average Bonchev–Trinajstić information content (AvgIpc) is 3.32. The van der Waals surface area contributed by atoms with Gasteiger partial charge >= 0.3 is 0 Å². The van der Waals surface area contributed by atoms with E-state index in [2.05, 4.69) is 28.0 Å². The number of ether oxygens (including phenoxy) is 3. The van der Waals surface area contributed by atoms with E-state index in [1.807, 2.05) is 29.2 Å². The first-order valence-electron chi connectivity index (χ1n) is 11.5. The van der Waals surface area contributed by atoms with Crippen LogP contribution < -0.4 is 19.1 Å². The Kier molecular flexibility index (Phi) is 6.08. The van der Waals surface area contributed by atoms with E-state index in [9.17, 15) is 4.79 Å². The highest BCUT2D eigenvalue weighted by Crippen LogP contribution is 2.38. The van der Waals surface area contributed by atoms with Gasteiger partial charge in [-0.3, -0.25) is 9.69 Å². The normalized spacial score (nSPS) is 21.0. The van der Waals surface area contributed by atoms with E-state index in [1.165, 1.54) is 5.56 Å². The van der Waals surface area contributed by atoms with Crippen molar-refractivity contribution in [2.24, 2.45) is 0 Å². The van der Waals surface area contributed by atoms with Crippen molar-refractivity contribution in [2.75, 3.05) is 64.5 Å². The molecule has 1 atom stereocenters. The average molecular weight is 438 g/mol. The number of fused-ring (bicyclic) bond motifs is 1. The van der Waals surface area contributed by atoms with Gasteiger partial charge in [-0.05, 0) is 49.2 Å². The van der Waals surface area contributed by atoms with Crippen LogP contribution in [0.15, 0.2) is 42.5 Å². The van der Waals surface area contributed by atoms with Crippen LogP contribution in [-0.2, 0) is 4.79 Å². The van der Waals surface area contributed by atoms with Crippen LogP contribution in [-0.4, -0.2) is 75.3 Å². The molecular weight excluding hydrogens is 406 g/mol. The molecule has 0 spiro atoms. The zero-order valence-corrected chi connectivity index (χ0v) is 18.7. The lowest BCUT2D eigenvalue weighted by Gasteiger charge is -2.37. The number of hydrogen-bond donors (Lipinski definition) is 0. The minimum atomic E-state index is 0.217. The molecule has 3 heterocycles. The third kappa shape index (κ3) is 4.21. The molecule has 0 unspecified atom stereocenters. The highest BCUT2D eigenvalue weighted by Gasteiger charge is 2.31. The molecule has 2 saturated heterocycles. The van der Waals surface area contributed by atoms with E-state index in [4.69, 9.17) is 14.2 Å². The summed E-state index contributed by atoms with van der Waals surface area (Å²) >= 11 is 0. The van der Waals surface area contributed by atoms with Gasteiger partial charge in [0, 0.05) is 32.2 Å². The summed E-state index contributed by atoms with van der Waals surface area (Å²) in [6.45, 7) is 5.71. The second-order valence-corrected chi connectivity index (χ2v) is 8.57. The zero-order valence-electron chi connectivity index (χ0n) is 18.7. The molecule has 2 fully saturated rings. The predicted molar refractivity (Wildman–Crippen MR) is 123 cm³/mol. The molecular formula is C25H31N3O4. The largest absolute Gasteiger partial charge is 0.495 e. The minimum Gasteiger partial charge on any atom is -0.495 e. The molecule has 0 aliphatic carbocycles. The number of para-hydroxylation sites is 2. The van der Waals surface area contributed by atoms with Crippen LogP contribution in [0.5, 0.6) is 17.2 Å². The Hall–Kier alpha value is -2.93. The molecule has 5 rings (SSSR count). The molecule has 0 N–H and O–H groups in total. The van der Waals surface area contributed by atoms with Crippen molar-refractivity contribution in [2.45, 2.75) is 18.9 Å². The summed E-state index contributed by atoms with van der Waals surface area (Å²) in [5, 5.41) is 0. The van der Waals surface area contributed by atoms with Crippen molar-refractivity contribution < 1.29 is 19.0 Å². The summed E-state index contributed by atoms with van der Waals surface area (Å²) in [7, 11) is 1.70. The van der Waals surface area contributed by atoms with Crippen LogP contribution in [0.1, 0.15) is 24.4 Å². The van der Waals surface area contributed by atoms with Gasteiger partial charge in [0.15, 0.2) is 11.5 Å². The number of methoxy groups -OCH3 is 1. The summed E-state index contributed by atoms with van der Waals surface area (Å²) in [4.78, 5) is 19.8. The van der Waals surface area contributed by atoms with Gasteiger partial charge in [-0.25, -0.2) is 0 Å². The summed E-state index contributed by atoms with van der Waals surface area (Å²) in [6.07, 6.45) is 2.17. The van der Waals surface area contributed by atoms with E-state index >= 15 is 0 Å². The number of rotatable bonds is 5. The summed E-state index contributed by atoms with van der Waals surface area (Å²) < 4.78 is 16.9. The van der Waals surface area contributed by atoms with Crippen LogP contribution in [0.4, 0.5) is 5.69 Å². The van der Waals surface area contributed by atoms with Crippen molar-refractivity contribution in [1.82, 2.24) is 9.80 Å². The molecule has 0 saturated carbocycles. The predicted octanol–water partition coefficient (Wildman–Crippen LogP) is 2.95. The number of benzene rings is 2. The maximum Gasteiger partial charge on any atom is 0.236 e. The van der Waals surface area contributed by atoms with E-state index in [-0.39, 0.29) is 11.9 Å². The Morgan fingerprint density at radius 3 is 2.59 bits per heavy atom. The second-order valence-electron chi connectivity index (χ2n) is 8.57. The molecule has 7 heteroatoms. The van der Waals surface area contributed by atoms with Gasteiger partial charge in [-0.2, -0.15) is 0 Å². The lowest BCUT2D eigenvalue weighted by Crippen LogP contribution is -2.51. The Bertz CT molecular complexity index is 958. The maximum absolute atomic E-state index is 13.1. The fourth-order valence-electron chi connectivity index (χ4n) is 5.02. The van der Waals surface area contributed by atoms with E-state index in [1.54, 1.807) is 7.11 Å². The van der Waals surface area contributed by atoms with Crippen LogP contribution in [0, 0.1) is 0 Å². The van der Waals surface area contributed by atoms with Gasteiger partial charge in [-0.15, -0.1) is 0 Å². The fraction of sp³-hybridized carbons (Fsp3) is 0.480. The molecule has 170 valence electrons.